The molecule has 26 heavy (non-hydrogen) atoms. The number of aromatic nitrogens is 2. The van der Waals surface area contributed by atoms with Crippen LogP contribution in [0.2, 0.25) is 0 Å². The van der Waals surface area contributed by atoms with E-state index in [2.05, 4.69) is 36.3 Å². The van der Waals surface area contributed by atoms with Gasteiger partial charge in [0.05, 0.1) is 11.7 Å². The number of benzene rings is 1. The van der Waals surface area contributed by atoms with Gasteiger partial charge in [0.2, 0.25) is 0 Å². The largest absolute Gasteiger partial charge is 0.377 e. The number of anilines is 1. The number of nitrogens with zero attached hydrogens (tertiary/aromatic N) is 1. The summed E-state index contributed by atoms with van der Waals surface area (Å²) in [5, 5.41) is 3.54. The smallest absolute Gasteiger partial charge is 0.328 e. The lowest BCUT2D eigenvalue weighted by molar-refractivity contribution is 0.335. The summed E-state index contributed by atoms with van der Waals surface area (Å²) in [5.41, 5.74) is 4.77. The van der Waals surface area contributed by atoms with E-state index in [1.165, 1.54) is 22.1 Å². The second kappa shape index (κ2) is 6.78. The van der Waals surface area contributed by atoms with Gasteiger partial charge in [-0.05, 0) is 56.7 Å². The van der Waals surface area contributed by atoms with Gasteiger partial charge >= 0.3 is 5.69 Å². The van der Waals surface area contributed by atoms with Crippen molar-refractivity contribution in [3.05, 3.63) is 61.4 Å². The van der Waals surface area contributed by atoms with E-state index in [1.54, 1.807) is 0 Å². The van der Waals surface area contributed by atoms with Crippen LogP contribution in [0.3, 0.4) is 0 Å². The highest BCUT2D eigenvalue weighted by molar-refractivity contribution is 5.55. The zero-order chi connectivity index (χ0) is 18.3. The van der Waals surface area contributed by atoms with Crippen molar-refractivity contribution in [2.24, 2.45) is 0 Å². The Balaban J connectivity index is 1.68. The van der Waals surface area contributed by atoms with E-state index in [4.69, 9.17) is 0 Å². The van der Waals surface area contributed by atoms with Crippen molar-refractivity contribution in [2.45, 2.75) is 70.9 Å². The Kier molecular flexibility index (Phi) is 4.47. The Bertz CT molecular complexity index is 935. The van der Waals surface area contributed by atoms with Gasteiger partial charge in [-0.25, -0.2) is 4.79 Å². The fraction of sp³-hybridized carbons (Fsp3) is 0.524. The molecule has 2 N–H and O–H groups in total. The van der Waals surface area contributed by atoms with Crippen LogP contribution in [0.1, 0.15) is 73.0 Å². The molecule has 1 atom stereocenters. The predicted octanol–water partition coefficient (Wildman–Crippen LogP) is 3.76. The van der Waals surface area contributed by atoms with Gasteiger partial charge in [0.1, 0.15) is 0 Å². The van der Waals surface area contributed by atoms with Gasteiger partial charge in [0, 0.05) is 17.3 Å². The van der Waals surface area contributed by atoms with Gasteiger partial charge in [-0.3, -0.25) is 9.36 Å². The predicted molar refractivity (Wildman–Crippen MR) is 104 cm³/mol. The molecule has 2 aromatic rings. The fourth-order valence-electron chi connectivity index (χ4n) is 4.49. The lowest BCUT2D eigenvalue weighted by Crippen LogP contribution is -2.41. The molecule has 4 rings (SSSR count). The molecule has 0 amide bonds. The van der Waals surface area contributed by atoms with Crippen molar-refractivity contribution >= 4 is 5.69 Å². The lowest BCUT2D eigenvalue weighted by Gasteiger charge is -2.24. The van der Waals surface area contributed by atoms with E-state index in [0.717, 1.165) is 55.5 Å². The first-order valence-electron chi connectivity index (χ1n) is 9.76. The Morgan fingerprint density at radius 2 is 1.85 bits per heavy atom. The summed E-state index contributed by atoms with van der Waals surface area (Å²) in [4.78, 5) is 28.8. The molecule has 0 saturated heterocycles. The van der Waals surface area contributed by atoms with Crippen molar-refractivity contribution in [1.82, 2.24) is 9.55 Å². The third-order valence-corrected chi connectivity index (χ3v) is 6.17. The van der Waals surface area contributed by atoms with E-state index in [1.807, 2.05) is 6.07 Å². The zero-order valence-electron chi connectivity index (χ0n) is 15.6. The molecule has 1 aromatic heterocycles. The maximum atomic E-state index is 13.0. The maximum Gasteiger partial charge on any atom is 0.328 e. The van der Waals surface area contributed by atoms with E-state index in [9.17, 15) is 9.59 Å². The average Bonchev–Trinajstić information content (AvgIpc) is 3.03. The fourth-order valence-corrected chi connectivity index (χ4v) is 4.49. The molecule has 5 nitrogen and oxygen atoms in total. The number of hydrogen-bond acceptors (Lipinski definition) is 3. The lowest BCUT2D eigenvalue weighted by atomic mass is 9.95. The summed E-state index contributed by atoms with van der Waals surface area (Å²) in [6.45, 7) is 4.19. The maximum absolute atomic E-state index is 13.0. The van der Waals surface area contributed by atoms with Crippen LogP contribution < -0.4 is 16.6 Å². The normalized spacial score (nSPS) is 20.2. The Labute approximate surface area is 153 Å². The molecule has 1 saturated carbocycles. The van der Waals surface area contributed by atoms with Gasteiger partial charge in [-0.15, -0.1) is 0 Å². The Hall–Kier alpha value is -2.30. The van der Waals surface area contributed by atoms with Crippen LogP contribution in [-0.2, 0) is 6.42 Å². The van der Waals surface area contributed by atoms with E-state index in [-0.39, 0.29) is 23.3 Å². The highest BCUT2D eigenvalue weighted by Crippen LogP contribution is 2.32. The number of aromatic amines is 1. The summed E-state index contributed by atoms with van der Waals surface area (Å²) in [7, 11) is 0. The minimum absolute atomic E-state index is 0.00749. The average molecular weight is 353 g/mol. The minimum Gasteiger partial charge on any atom is -0.377 e. The molecule has 0 bridgehead atoms. The van der Waals surface area contributed by atoms with Crippen molar-refractivity contribution in [3.63, 3.8) is 0 Å². The van der Waals surface area contributed by atoms with Crippen molar-refractivity contribution in [2.75, 3.05) is 5.32 Å². The van der Waals surface area contributed by atoms with Gasteiger partial charge in [-0.2, -0.15) is 0 Å². The van der Waals surface area contributed by atoms with Gasteiger partial charge in [-0.1, -0.05) is 31.4 Å². The van der Waals surface area contributed by atoms with Crippen molar-refractivity contribution in [3.8, 4) is 0 Å². The van der Waals surface area contributed by atoms with Crippen LogP contribution in [0.4, 0.5) is 5.69 Å². The van der Waals surface area contributed by atoms with Gasteiger partial charge in [0.15, 0.2) is 0 Å². The first-order valence-corrected chi connectivity index (χ1v) is 9.76. The van der Waals surface area contributed by atoms with Crippen LogP contribution >= 0.6 is 0 Å². The minimum atomic E-state index is -0.240. The first kappa shape index (κ1) is 17.1. The highest BCUT2D eigenvalue weighted by atomic mass is 16.2. The van der Waals surface area contributed by atoms with Gasteiger partial charge in [0.25, 0.3) is 5.56 Å². The monoisotopic (exact) mass is 353 g/mol. The number of rotatable bonds is 3. The summed E-state index contributed by atoms with van der Waals surface area (Å²) >= 11 is 0. The standard InChI is InChI=1S/C21H27N3O2/c1-13-7-6-10-17(14(13)2)22-18-12-11-16-19(18)23-21(26)24(20(16)25)15-8-4-3-5-9-15/h6-7,10,15,18,22H,3-5,8-9,11-12H2,1-2H3,(H,23,26)/t18-/m0/s1. The molecule has 1 fully saturated rings. The van der Waals surface area contributed by atoms with Crippen LogP contribution in [0.5, 0.6) is 0 Å². The molecule has 0 unspecified atom stereocenters. The van der Waals surface area contributed by atoms with Crippen LogP contribution in [-0.4, -0.2) is 9.55 Å². The van der Waals surface area contributed by atoms with Gasteiger partial charge < -0.3 is 10.3 Å². The molecular weight excluding hydrogens is 326 g/mol. The second-order valence-corrected chi connectivity index (χ2v) is 7.77. The van der Waals surface area contributed by atoms with Crippen LogP contribution in [0.25, 0.3) is 0 Å². The zero-order valence-corrected chi connectivity index (χ0v) is 15.6. The quantitative estimate of drug-likeness (QED) is 0.883. The Morgan fingerprint density at radius 3 is 2.62 bits per heavy atom. The topological polar surface area (TPSA) is 66.9 Å². The highest BCUT2D eigenvalue weighted by Gasteiger charge is 2.30. The summed E-state index contributed by atoms with van der Waals surface area (Å²) in [6, 6.07) is 6.24. The number of nitrogens with one attached hydrogen (secondary N) is 2. The molecule has 0 spiro atoms. The molecule has 1 heterocycles. The number of aryl methyl sites for hydroxylation is 1. The second-order valence-electron chi connectivity index (χ2n) is 7.77. The molecule has 2 aliphatic rings. The number of H-pyrrole nitrogens is 1. The molecular formula is C21H27N3O2. The third kappa shape index (κ3) is 2.89. The first-order chi connectivity index (χ1) is 12.6. The summed E-state index contributed by atoms with van der Waals surface area (Å²) in [5.74, 6) is 0. The van der Waals surface area contributed by atoms with Crippen LogP contribution in [0.15, 0.2) is 27.8 Å². The van der Waals surface area contributed by atoms with E-state index < -0.39 is 0 Å². The molecule has 0 aliphatic heterocycles. The van der Waals surface area contributed by atoms with E-state index in [0.29, 0.717) is 0 Å². The summed E-state index contributed by atoms with van der Waals surface area (Å²) < 4.78 is 1.50. The Morgan fingerprint density at radius 1 is 1.08 bits per heavy atom. The summed E-state index contributed by atoms with van der Waals surface area (Å²) in [6.07, 6.45) is 6.84. The van der Waals surface area contributed by atoms with Crippen molar-refractivity contribution in [1.29, 1.82) is 0 Å². The van der Waals surface area contributed by atoms with E-state index >= 15 is 0 Å². The van der Waals surface area contributed by atoms with Crippen molar-refractivity contribution < 1.29 is 0 Å². The molecule has 138 valence electrons. The molecule has 0 radical (unpaired) electrons. The third-order valence-electron chi connectivity index (χ3n) is 6.17. The SMILES string of the molecule is Cc1cccc(N[C@H]2CCc3c2[nH]c(=O)n(C2CCCCC2)c3=O)c1C. The number of fused-ring (bicyclic) bond motifs is 1. The number of hydrogen-bond donors (Lipinski definition) is 2. The molecule has 1 aromatic carbocycles. The molecule has 2 aliphatic carbocycles. The molecule has 5 heteroatoms. The van der Waals surface area contributed by atoms with Crippen LogP contribution in [0, 0.1) is 13.8 Å².